The zero-order valence-electron chi connectivity index (χ0n) is 7.16. The summed E-state index contributed by atoms with van der Waals surface area (Å²) in [6.07, 6.45) is 1.25. The van der Waals surface area contributed by atoms with Crippen molar-refractivity contribution in [2.45, 2.75) is 0 Å². The van der Waals surface area contributed by atoms with Gasteiger partial charge in [0.05, 0.1) is 7.11 Å². The second-order valence-corrected chi connectivity index (χ2v) is 2.76. The number of carbonyl (C=O) groups is 1. The molecule has 1 rings (SSSR count). The Kier molecular flexibility index (Phi) is 3.53. The zero-order valence-corrected chi connectivity index (χ0v) is 7.91. The predicted octanol–water partition coefficient (Wildman–Crippen LogP) is 2.44. The molecule has 0 saturated carbocycles. The van der Waals surface area contributed by atoms with E-state index in [0.29, 0.717) is 5.76 Å². The molecule has 2 nitrogen and oxygen atoms in total. The summed E-state index contributed by atoms with van der Waals surface area (Å²) in [6, 6.07) is 9.30. The molecule has 1 aromatic rings. The second kappa shape index (κ2) is 4.67. The monoisotopic (exact) mass is 196 g/mol. The van der Waals surface area contributed by atoms with E-state index in [4.69, 9.17) is 16.3 Å². The Morgan fingerprint density at radius 2 is 2.00 bits per heavy atom. The third-order valence-electron chi connectivity index (χ3n) is 1.52. The average molecular weight is 197 g/mol. The normalized spacial score (nSPS) is 11.1. The van der Waals surface area contributed by atoms with E-state index in [1.165, 1.54) is 13.2 Å². The van der Waals surface area contributed by atoms with Gasteiger partial charge in [-0.3, -0.25) is 4.79 Å². The zero-order chi connectivity index (χ0) is 9.68. The molecule has 0 atom stereocenters. The minimum absolute atomic E-state index is 0.473. The molecule has 1 aromatic carbocycles. The van der Waals surface area contributed by atoms with Crippen molar-refractivity contribution in [3.63, 3.8) is 0 Å². The fourth-order valence-electron chi connectivity index (χ4n) is 0.966. The van der Waals surface area contributed by atoms with Gasteiger partial charge in [0.15, 0.2) is 0 Å². The lowest BCUT2D eigenvalue weighted by Gasteiger charge is -2.03. The first-order valence-corrected chi connectivity index (χ1v) is 4.12. The number of halogens is 1. The molecular formula is C10H9ClO2. The van der Waals surface area contributed by atoms with Gasteiger partial charge in [0, 0.05) is 11.6 Å². The van der Waals surface area contributed by atoms with Gasteiger partial charge in [-0.2, -0.15) is 0 Å². The molecule has 3 heteroatoms. The van der Waals surface area contributed by atoms with Gasteiger partial charge >= 0.3 is 0 Å². The molecule has 13 heavy (non-hydrogen) atoms. The fourth-order valence-corrected chi connectivity index (χ4v) is 1.06. The molecule has 0 heterocycles. The first-order chi connectivity index (χ1) is 6.24. The lowest BCUT2D eigenvalue weighted by molar-refractivity contribution is -0.107. The molecule has 0 bridgehead atoms. The van der Waals surface area contributed by atoms with Crippen LogP contribution >= 0.6 is 11.6 Å². The maximum Gasteiger partial charge on any atom is 0.248 e. The van der Waals surface area contributed by atoms with Crippen molar-refractivity contribution in [3.05, 3.63) is 42.0 Å². The number of ether oxygens (including phenoxy) is 1. The van der Waals surface area contributed by atoms with E-state index in [0.717, 1.165) is 5.56 Å². The van der Waals surface area contributed by atoms with Gasteiger partial charge in [-0.1, -0.05) is 30.3 Å². The first kappa shape index (κ1) is 9.81. The Morgan fingerprint density at radius 1 is 1.38 bits per heavy atom. The Morgan fingerprint density at radius 3 is 2.46 bits per heavy atom. The topological polar surface area (TPSA) is 26.3 Å². The van der Waals surface area contributed by atoms with Crippen LogP contribution in [0.5, 0.6) is 0 Å². The van der Waals surface area contributed by atoms with Gasteiger partial charge < -0.3 is 4.74 Å². The Bertz CT molecular complexity index is 317. The van der Waals surface area contributed by atoms with Gasteiger partial charge in [0.2, 0.25) is 5.24 Å². The molecule has 0 N–H and O–H groups in total. The number of rotatable bonds is 3. The highest BCUT2D eigenvalue weighted by Crippen LogP contribution is 2.14. The number of carbonyl (C=O) groups excluding carboxylic acids is 1. The van der Waals surface area contributed by atoms with E-state index in [1.807, 2.05) is 30.3 Å². The maximum atomic E-state index is 10.6. The second-order valence-electron chi connectivity index (χ2n) is 2.38. The number of benzene rings is 1. The van der Waals surface area contributed by atoms with Crippen LogP contribution in [0.25, 0.3) is 5.76 Å². The summed E-state index contributed by atoms with van der Waals surface area (Å²) in [7, 11) is 1.50. The number of methoxy groups -OCH3 is 1. The quantitative estimate of drug-likeness (QED) is 0.422. The standard InChI is InChI=1S/C10H9ClO2/c1-13-9(7-10(11)12)8-5-3-2-4-6-8/h2-7H,1H3. The van der Waals surface area contributed by atoms with E-state index in [-0.39, 0.29) is 0 Å². The van der Waals surface area contributed by atoms with Crippen LogP contribution < -0.4 is 0 Å². The summed E-state index contributed by atoms with van der Waals surface area (Å²) < 4.78 is 5.00. The summed E-state index contributed by atoms with van der Waals surface area (Å²) in [4.78, 5) is 10.6. The lowest BCUT2D eigenvalue weighted by atomic mass is 10.2. The lowest BCUT2D eigenvalue weighted by Crippen LogP contribution is -1.89. The Labute approximate surface area is 81.8 Å². The molecule has 0 saturated heterocycles. The van der Waals surface area contributed by atoms with Crippen LogP contribution in [0.1, 0.15) is 5.56 Å². The SMILES string of the molecule is COC(=CC(=O)Cl)c1ccccc1. The molecule has 68 valence electrons. The molecule has 0 amide bonds. The summed E-state index contributed by atoms with van der Waals surface area (Å²) in [6.45, 7) is 0. The predicted molar refractivity (Wildman–Crippen MR) is 52.3 cm³/mol. The van der Waals surface area contributed by atoms with Crippen molar-refractivity contribution in [2.75, 3.05) is 7.11 Å². The van der Waals surface area contributed by atoms with Gasteiger partial charge in [-0.05, 0) is 11.6 Å². The largest absolute Gasteiger partial charge is 0.496 e. The van der Waals surface area contributed by atoms with Gasteiger partial charge in [-0.15, -0.1) is 0 Å². The van der Waals surface area contributed by atoms with Gasteiger partial charge in [-0.25, -0.2) is 0 Å². The summed E-state index contributed by atoms with van der Waals surface area (Å²) in [5, 5.41) is -0.541. The average Bonchev–Trinajstić information content (AvgIpc) is 2.15. The van der Waals surface area contributed by atoms with Crippen LogP contribution in [0.15, 0.2) is 36.4 Å². The smallest absolute Gasteiger partial charge is 0.248 e. The molecule has 0 spiro atoms. The number of hydrogen-bond donors (Lipinski definition) is 0. The first-order valence-electron chi connectivity index (χ1n) is 3.74. The van der Waals surface area contributed by atoms with Crippen LogP contribution in [0.4, 0.5) is 0 Å². The molecule has 0 radical (unpaired) electrons. The molecule has 0 aliphatic carbocycles. The molecule has 0 aromatic heterocycles. The van der Waals surface area contributed by atoms with E-state index < -0.39 is 5.24 Å². The van der Waals surface area contributed by atoms with Crippen molar-refractivity contribution < 1.29 is 9.53 Å². The van der Waals surface area contributed by atoms with Crippen LogP contribution in [0, 0.1) is 0 Å². The molecule has 0 fully saturated rings. The van der Waals surface area contributed by atoms with Gasteiger partial charge in [0.1, 0.15) is 5.76 Å². The van der Waals surface area contributed by atoms with Crippen molar-refractivity contribution in [3.8, 4) is 0 Å². The summed E-state index contributed by atoms with van der Waals surface area (Å²) >= 11 is 5.21. The number of allylic oxidation sites excluding steroid dienone is 1. The summed E-state index contributed by atoms with van der Waals surface area (Å²) in [5.41, 5.74) is 0.832. The van der Waals surface area contributed by atoms with Crippen molar-refractivity contribution in [1.82, 2.24) is 0 Å². The van der Waals surface area contributed by atoms with E-state index in [2.05, 4.69) is 0 Å². The van der Waals surface area contributed by atoms with E-state index in [1.54, 1.807) is 0 Å². The van der Waals surface area contributed by atoms with Crippen LogP contribution in [-0.4, -0.2) is 12.4 Å². The number of hydrogen-bond acceptors (Lipinski definition) is 2. The van der Waals surface area contributed by atoms with Crippen LogP contribution in [-0.2, 0) is 9.53 Å². The van der Waals surface area contributed by atoms with E-state index in [9.17, 15) is 4.79 Å². The molecule has 0 unspecified atom stereocenters. The molecule has 0 aliphatic rings. The third-order valence-corrected chi connectivity index (χ3v) is 1.63. The highest BCUT2D eigenvalue weighted by atomic mass is 35.5. The Hall–Kier alpha value is -1.28. The minimum atomic E-state index is -0.541. The van der Waals surface area contributed by atoms with Crippen molar-refractivity contribution in [2.24, 2.45) is 0 Å². The fraction of sp³-hybridized carbons (Fsp3) is 0.100. The van der Waals surface area contributed by atoms with Gasteiger partial charge in [0.25, 0.3) is 0 Å². The van der Waals surface area contributed by atoms with Crippen molar-refractivity contribution >= 4 is 22.6 Å². The van der Waals surface area contributed by atoms with Crippen molar-refractivity contribution in [1.29, 1.82) is 0 Å². The third kappa shape index (κ3) is 2.92. The highest BCUT2D eigenvalue weighted by Gasteiger charge is 2.01. The maximum absolute atomic E-state index is 10.6. The van der Waals surface area contributed by atoms with Crippen LogP contribution in [0.3, 0.4) is 0 Å². The highest BCUT2D eigenvalue weighted by molar-refractivity contribution is 6.66. The van der Waals surface area contributed by atoms with E-state index >= 15 is 0 Å². The molecular weight excluding hydrogens is 188 g/mol. The van der Waals surface area contributed by atoms with Crippen LogP contribution in [0.2, 0.25) is 0 Å². The minimum Gasteiger partial charge on any atom is -0.496 e. The molecule has 0 aliphatic heterocycles. The Balaban J connectivity index is 2.98. The summed E-state index contributed by atoms with van der Waals surface area (Å²) in [5.74, 6) is 0.473.